The number of carbonyl (C=O) groups excluding carboxylic acids is 1. The minimum absolute atomic E-state index is 0.133. The molecule has 4 aromatic rings. The predicted molar refractivity (Wildman–Crippen MR) is 132 cm³/mol. The predicted octanol–water partition coefficient (Wildman–Crippen LogP) is 4.10. The number of hydrogen-bond donors (Lipinski definition) is 1. The van der Waals surface area contributed by atoms with Gasteiger partial charge < -0.3 is 5.32 Å². The molecule has 0 aliphatic heterocycles. The molecule has 0 bridgehead atoms. The van der Waals surface area contributed by atoms with Crippen LogP contribution < -0.4 is 10.9 Å². The van der Waals surface area contributed by atoms with Gasteiger partial charge in [0.15, 0.2) is 5.69 Å². The Labute approximate surface area is 198 Å². The summed E-state index contributed by atoms with van der Waals surface area (Å²) in [5.41, 5.74) is 3.56. The maximum Gasteiger partial charge on any atom is 0.274 e. The summed E-state index contributed by atoms with van der Waals surface area (Å²) >= 11 is 0. The molecule has 2 aromatic carbocycles. The molecule has 1 amide bonds. The molecule has 174 valence electrons. The Bertz CT molecular complexity index is 1390. The van der Waals surface area contributed by atoms with Gasteiger partial charge in [0.2, 0.25) is 0 Å². The summed E-state index contributed by atoms with van der Waals surface area (Å²) in [6.45, 7) is 5.23. The maximum atomic E-state index is 13.5. The Morgan fingerprint density at radius 2 is 1.79 bits per heavy atom. The lowest BCUT2D eigenvalue weighted by Gasteiger charge is -2.24. The number of nitrogens with zero attached hydrogens (tertiary/aromatic N) is 4. The van der Waals surface area contributed by atoms with Crippen molar-refractivity contribution in [2.24, 2.45) is 5.92 Å². The van der Waals surface area contributed by atoms with Crippen LogP contribution in [0.4, 0.5) is 0 Å². The molecule has 34 heavy (non-hydrogen) atoms. The fourth-order valence-corrected chi connectivity index (χ4v) is 4.76. The van der Waals surface area contributed by atoms with Crippen molar-refractivity contribution in [1.29, 1.82) is 0 Å². The smallest absolute Gasteiger partial charge is 0.274 e. The van der Waals surface area contributed by atoms with Crippen LogP contribution in [-0.2, 0) is 19.5 Å². The lowest BCUT2D eigenvalue weighted by Crippen LogP contribution is -2.34. The van der Waals surface area contributed by atoms with Crippen LogP contribution in [0.5, 0.6) is 0 Å². The van der Waals surface area contributed by atoms with E-state index in [0.29, 0.717) is 29.6 Å². The lowest BCUT2D eigenvalue weighted by molar-refractivity contribution is 0.0926. The fraction of sp³-hybridized carbons (Fsp3) is 0.333. The average molecular weight is 456 g/mol. The van der Waals surface area contributed by atoms with Crippen molar-refractivity contribution < 1.29 is 4.79 Å². The molecule has 5 rings (SSSR count). The molecule has 0 saturated carbocycles. The summed E-state index contributed by atoms with van der Waals surface area (Å²) in [6, 6.07) is 17.3. The molecule has 1 unspecified atom stereocenters. The maximum absolute atomic E-state index is 13.5. The molecular formula is C27H29N5O2. The highest BCUT2D eigenvalue weighted by Gasteiger charge is 2.27. The van der Waals surface area contributed by atoms with Crippen LogP contribution >= 0.6 is 0 Å². The standard InChI is InChI=1S/C27H29N5O2/c1-18(2)16-32-27(34)21-12-7-6-11-20(21)25(30-32)26(33)29-23-13-8-14-24-22(23)15-28-31(24)17-19-9-4-3-5-10-19/h3-7,9-12,15,18,23H,8,13-14,16-17H2,1-2H3,(H,29,33). The van der Waals surface area contributed by atoms with Crippen molar-refractivity contribution in [2.45, 2.75) is 52.2 Å². The quantitative estimate of drug-likeness (QED) is 0.475. The molecule has 0 saturated heterocycles. The molecule has 1 aliphatic carbocycles. The first-order chi connectivity index (χ1) is 16.5. The van der Waals surface area contributed by atoms with Gasteiger partial charge in [-0.05, 0) is 36.8 Å². The van der Waals surface area contributed by atoms with Crippen molar-refractivity contribution in [3.63, 3.8) is 0 Å². The summed E-state index contributed by atoms with van der Waals surface area (Å²) < 4.78 is 3.46. The van der Waals surface area contributed by atoms with Gasteiger partial charge in [-0.25, -0.2) is 4.68 Å². The van der Waals surface area contributed by atoms with Crippen molar-refractivity contribution in [3.05, 3.63) is 93.7 Å². The van der Waals surface area contributed by atoms with Gasteiger partial charge in [-0.1, -0.05) is 62.4 Å². The van der Waals surface area contributed by atoms with Gasteiger partial charge in [-0.15, -0.1) is 0 Å². The Balaban J connectivity index is 1.45. The summed E-state index contributed by atoms with van der Waals surface area (Å²) in [6.07, 6.45) is 4.64. The Morgan fingerprint density at radius 1 is 1.06 bits per heavy atom. The zero-order chi connectivity index (χ0) is 23.7. The van der Waals surface area contributed by atoms with Crippen LogP contribution in [0.3, 0.4) is 0 Å². The Kier molecular flexibility index (Phi) is 6.01. The number of nitrogens with one attached hydrogen (secondary N) is 1. The van der Waals surface area contributed by atoms with E-state index in [2.05, 4.69) is 27.6 Å². The number of aromatic nitrogens is 4. The van der Waals surface area contributed by atoms with E-state index in [-0.39, 0.29) is 23.4 Å². The van der Waals surface area contributed by atoms with Gasteiger partial charge in [-0.2, -0.15) is 10.2 Å². The molecular weight excluding hydrogens is 426 g/mol. The first-order valence-electron chi connectivity index (χ1n) is 11.9. The second-order valence-electron chi connectivity index (χ2n) is 9.38. The third-order valence-electron chi connectivity index (χ3n) is 6.36. The molecule has 2 aromatic heterocycles. The van der Waals surface area contributed by atoms with Crippen LogP contribution in [-0.4, -0.2) is 25.5 Å². The number of fused-ring (bicyclic) bond motifs is 2. The molecule has 0 radical (unpaired) electrons. The zero-order valence-electron chi connectivity index (χ0n) is 19.6. The van der Waals surface area contributed by atoms with Crippen molar-refractivity contribution >= 4 is 16.7 Å². The van der Waals surface area contributed by atoms with Gasteiger partial charge in [-0.3, -0.25) is 14.3 Å². The van der Waals surface area contributed by atoms with Crippen molar-refractivity contribution in [1.82, 2.24) is 24.9 Å². The SMILES string of the molecule is CC(C)Cn1nc(C(=O)NC2CCCc3c2cnn3Cc2ccccc2)c2ccccc2c1=O. The summed E-state index contributed by atoms with van der Waals surface area (Å²) in [4.78, 5) is 26.4. The highest BCUT2D eigenvalue weighted by Crippen LogP contribution is 2.30. The van der Waals surface area contributed by atoms with Crippen molar-refractivity contribution in [3.8, 4) is 0 Å². The third-order valence-corrected chi connectivity index (χ3v) is 6.36. The summed E-state index contributed by atoms with van der Waals surface area (Å²) in [5.74, 6) is -0.0269. The molecule has 0 fully saturated rings. The van der Waals surface area contributed by atoms with Gasteiger partial charge in [0.1, 0.15) is 0 Å². The highest BCUT2D eigenvalue weighted by atomic mass is 16.2. The molecule has 7 heteroatoms. The molecule has 1 N–H and O–H groups in total. The Morgan fingerprint density at radius 3 is 2.56 bits per heavy atom. The van der Waals surface area contributed by atoms with Gasteiger partial charge in [0.05, 0.1) is 24.2 Å². The lowest BCUT2D eigenvalue weighted by atomic mass is 9.92. The first-order valence-corrected chi connectivity index (χ1v) is 11.9. The average Bonchev–Trinajstić information content (AvgIpc) is 3.25. The van der Waals surface area contributed by atoms with E-state index in [1.165, 1.54) is 15.9 Å². The summed E-state index contributed by atoms with van der Waals surface area (Å²) in [5, 5.41) is 13.4. The van der Waals surface area contributed by atoms with E-state index in [1.54, 1.807) is 12.1 Å². The van der Waals surface area contributed by atoms with Crippen LogP contribution in [0.2, 0.25) is 0 Å². The largest absolute Gasteiger partial charge is 0.344 e. The number of hydrogen-bond acceptors (Lipinski definition) is 4. The third kappa shape index (κ3) is 4.25. The second-order valence-corrected chi connectivity index (χ2v) is 9.38. The van der Waals surface area contributed by atoms with Gasteiger partial charge in [0, 0.05) is 23.2 Å². The monoisotopic (exact) mass is 455 g/mol. The zero-order valence-corrected chi connectivity index (χ0v) is 19.6. The van der Waals surface area contributed by atoms with Gasteiger partial charge in [0.25, 0.3) is 11.5 Å². The number of benzene rings is 2. The molecule has 1 aliphatic rings. The van der Waals surface area contributed by atoms with Crippen LogP contribution in [0, 0.1) is 5.92 Å². The minimum atomic E-state index is -0.262. The number of amides is 1. The number of rotatable bonds is 6. The summed E-state index contributed by atoms with van der Waals surface area (Å²) in [7, 11) is 0. The Hall–Kier alpha value is -3.74. The topological polar surface area (TPSA) is 81.8 Å². The van der Waals surface area contributed by atoms with Crippen LogP contribution in [0.15, 0.2) is 65.6 Å². The van der Waals surface area contributed by atoms with Gasteiger partial charge >= 0.3 is 0 Å². The van der Waals surface area contributed by atoms with E-state index in [9.17, 15) is 9.59 Å². The van der Waals surface area contributed by atoms with E-state index >= 15 is 0 Å². The van der Waals surface area contributed by atoms with E-state index in [0.717, 1.165) is 24.8 Å². The van der Waals surface area contributed by atoms with Crippen LogP contribution in [0.25, 0.3) is 10.8 Å². The fourth-order valence-electron chi connectivity index (χ4n) is 4.76. The first kappa shape index (κ1) is 22.1. The molecule has 7 nitrogen and oxygen atoms in total. The minimum Gasteiger partial charge on any atom is -0.344 e. The highest BCUT2D eigenvalue weighted by molar-refractivity contribution is 6.04. The van der Waals surface area contributed by atoms with E-state index in [4.69, 9.17) is 0 Å². The normalized spacial score (nSPS) is 15.4. The van der Waals surface area contributed by atoms with Crippen LogP contribution in [0.1, 0.15) is 60.0 Å². The molecule has 0 spiro atoms. The van der Waals surface area contributed by atoms with Crippen molar-refractivity contribution in [2.75, 3.05) is 0 Å². The second kappa shape index (κ2) is 9.25. The van der Waals surface area contributed by atoms with E-state index < -0.39 is 0 Å². The molecule has 2 heterocycles. The van der Waals surface area contributed by atoms with E-state index in [1.807, 2.05) is 55.1 Å². The number of carbonyl (C=O) groups is 1. The molecule has 1 atom stereocenters.